The Morgan fingerprint density at radius 3 is 1.25 bits per heavy atom. The predicted molar refractivity (Wildman–Crippen MR) is 274 cm³/mol. The van der Waals surface area contributed by atoms with Crippen molar-refractivity contribution in [1.82, 2.24) is 0 Å². The van der Waals surface area contributed by atoms with Gasteiger partial charge in [-0.1, -0.05) is 56.0 Å². The SMILES string of the molecule is C.Cc1cc(S(=O)(=O)[O-])c2ccc3c(S(=O)(=O)[O-])cc(O)c4ccc1c2c43.Cc1cc(S(=O)(=O)[O-])c2ccc3c(S(=O)(=O)[O-])cc(OC(=O)c4ccc(B(O)O)cc4)c4ccc1c2c43.O=Bc1ccc(C(=O)Cl)cc1. The molecular weight excluding hydrogens is 1080 g/mol. The molecule has 0 aliphatic heterocycles. The van der Waals surface area contributed by atoms with Gasteiger partial charge in [-0.05, 0) is 101 Å². The van der Waals surface area contributed by atoms with Gasteiger partial charge in [0, 0.05) is 43.1 Å². The van der Waals surface area contributed by atoms with Gasteiger partial charge >= 0.3 is 81.9 Å². The van der Waals surface area contributed by atoms with E-state index in [2.05, 4.69) is 0 Å². The maximum atomic E-state index is 12.9. The van der Waals surface area contributed by atoms with Gasteiger partial charge in [-0.3, -0.25) is 0 Å². The number of carbonyl (C=O) groups excluding carboxylic acids is 2. The molecule has 0 spiro atoms. The van der Waals surface area contributed by atoms with Gasteiger partial charge in [0.2, 0.25) is 0 Å². The molecule has 10 aromatic rings. The molecule has 0 amide bonds. The van der Waals surface area contributed by atoms with E-state index in [-0.39, 0.29) is 72.7 Å². The topological polar surface area (TPSA) is 350 Å². The second kappa shape index (κ2) is 20.3. The van der Waals surface area contributed by atoms with Crippen molar-refractivity contribution in [2.24, 2.45) is 0 Å². The van der Waals surface area contributed by atoms with E-state index in [1.54, 1.807) is 44.2 Å². The third-order valence-electron chi connectivity index (χ3n) is 12.0. The molecule has 0 saturated heterocycles. The number of esters is 1. The average Bonchev–Trinajstić information content (AvgIpc) is 3.33. The normalized spacial score (nSPS) is 12.0. The van der Waals surface area contributed by atoms with Gasteiger partial charge in [-0.15, -0.1) is 0 Å². The average molecular weight is 1110 g/mol. The van der Waals surface area contributed by atoms with Crippen LogP contribution in [0.15, 0.2) is 141 Å². The molecule has 0 bridgehead atoms. The van der Waals surface area contributed by atoms with Crippen molar-refractivity contribution in [3.8, 4) is 11.5 Å². The number of carbonyl (C=O) groups is 2. The van der Waals surface area contributed by atoms with E-state index >= 15 is 0 Å². The zero-order valence-corrected chi connectivity index (χ0v) is 41.6. The first-order valence-electron chi connectivity index (χ1n) is 21.0. The Kier molecular flexibility index (Phi) is 15.1. The van der Waals surface area contributed by atoms with E-state index in [1.807, 2.05) is 0 Å². The third-order valence-corrected chi connectivity index (χ3v) is 15.7. The number of rotatable bonds is 9. The van der Waals surface area contributed by atoms with E-state index in [0.29, 0.717) is 45.5 Å². The molecule has 0 saturated carbocycles. The van der Waals surface area contributed by atoms with E-state index in [4.69, 9.17) is 16.3 Å². The fourth-order valence-electron chi connectivity index (χ4n) is 8.70. The number of phenols is 1. The monoisotopic (exact) mass is 1110 g/mol. The first-order valence-corrected chi connectivity index (χ1v) is 27.0. The van der Waals surface area contributed by atoms with E-state index < -0.39 is 84.1 Å². The van der Waals surface area contributed by atoms with Crippen molar-refractivity contribution >= 4 is 153 Å². The molecule has 0 atom stereocenters. The molecule has 3 N–H and O–H groups in total. The minimum atomic E-state index is -5.09. The van der Waals surface area contributed by atoms with Gasteiger partial charge in [0.1, 0.15) is 52.0 Å². The Morgan fingerprint density at radius 1 is 0.507 bits per heavy atom. The van der Waals surface area contributed by atoms with Crippen LogP contribution in [0.4, 0.5) is 0 Å². The molecule has 384 valence electrons. The summed E-state index contributed by atoms with van der Waals surface area (Å²) < 4.78 is 158. The summed E-state index contributed by atoms with van der Waals surface area (Å²) in [6, 6.07) is 27.0. The number of benzene rings is 10. The van der Waals surface area contributed by atoms with Crippen LogP contribution in [-0.4, -0.2) is 92.5 Å². The molecule has 0 aromatic heterocycles. The van der Waals surface area contributed by atoms with Gasteiger partial charge in [-0.25, -0.2) is 38.5 Å². The van der Waals surface area contributed by atoms with Crippen LogP contribution in [-0.2, 0) is 45.2 Å². The first kappa shape index (κ1) is 55.7. The first-order chi connectivity index (χ1) is 34.5. The van der Waals surface area contributed by atoms with E-state index in [0.717, 1.165) is 12.1 Å². The number of phenolic OH excluding ortho intramolecular Hbond substituents is 1. The van der Waals surface area contributed by atoms with Crippen LogP contribution in [0.25, 0.3) is 64.6 Å². The molecule has 0 heterocycles. The second-order valence-electron chi connectivity index (χ2n) is 16.5. The van der Waals surface area contributed by atoms with Gasteiger partial charge in [0.25, 0.3) is 0 Å². The van der Waals surface area contributed by atoms with E-state index in [1.165, 1.54) is 78.9 Å². The van der Waals surface area contributed by atoms with Crippen LogP contribution in [0.3, 0.4) is 0 Å². The van der Waals surface area contributed by atoms with Crippen LogP contribution in [0.1, 0.15) is 39.3 Å². The van der Waals surface area contributed by atoms with Crippen molar-refractivity contribution < 1.29 is 86.1 Å². The van der Waals surface area contributed by atoms with Gasteiger partial charge in [0.05, 0.1) is 25.1 Å². The molecular formula is C49H33B2ClO19S4-4. The zero-order chi connectivity index (χ0) is 54.1. The molecule has 0 fully saturated rings. The Labute approximate surface area is 432 Å². The molecule has 10 rings (SSSR count). The van der Waals surface area contributed by atoms with Crippen molar-refractivity contribution in [2.75, 3.05) is 0 Å². The minimum absolute atomic E-state index is 0. The number of hydrogen-bond donors (Lipinski definition) is 3. The van der Waals surface area contributed by atoms with Crippen molar-refractivity contribution in [1.29, 1.82) is 0 Å². The van der Waals surface area contributed by atoms with Crippen LogP contribution in [0.2, 0.25) is 0 Å². The Morgan fingerprint density at radius 2 is 0.853 bits per heavy atom. The Bertz CT molecular complexity index is 4350. The summed E-state index contributed by atoms with van der Waals surface area (Å²) in [5, 5.41) is 30.8. The number of aryl methyl sites for hydroxylation is 2. The number of ether oxygens (including phenoxy) is 1. The molecule has 10 aromatic carbocycles. The Balaban J connectivity index is 0.000000187. The zero-order valence-electron chi connectivity index (χ0n) is 37.6. The summed E-state index contributed by atoms with van der Waals surface area (Å²) in [4.78, 5) is 21.1. The molecule has 0 unspecified atom stereocenters. The number of hydrogen-bond acceptors (Lipinski definition) is 19. The Hall–Kier alpha value is -7.00. The fraction of sp³-hybridized carbons (Fsp3) is 0.0612. The van der Waals surface area contributed by atoms with Crippen LogP contribution < -0.4 is 15.7 Å². The van der Waals surface area contributed by atoms with Crippen LogP contribution in [0.5, 0.6) is 11.5 Å². The van der Waals surface area contributed by atoms with Crippen LogP contribution in [0, 0.1) is 13.8 Å². The molecule has 0 radical (unpaired) electrons. The summed E-state index contributed by atoms with van der Waals surface area (Å²) >= 11 is 5.17. The van der Waals surface area contributed by atoms with Gasteiger partial charge in [-0.2, -0.15) is 0 Å². The molecule has 75 heavy (non-hydrogen) atoms. The summed E-state index contributed by atoms with van der Waals surface area (Å²) in [5.41, 5.74) is 1.98. The van der Waals surface area contributed by atoms with Crippen molar-refractivity contribution in [2.45, 2.75) is 40.9 Å². The quantitative estimate of drug-likeness (QED) is 0.0407. The standard InChI is InChI=1S/C24H17BO10S2.C17H12O7S2.C7H4BClO2.CH4/c1-12-10-20(36(29,30)31)17-8-9-18-21(37(32,33)34)11-19(16-7-6-15(12)22(17)23(16)18)35-24(26)13-2-4-14(5-3-13)25(27)28;1-8-6-14(25(19,20)21)11-4-5-12-15(26(22,23)24)7-13(18)10-3-2-9(8)16(11)17(10)12;9-7(10)5-1-3-6(8-11)4-2-5;/h2-11,27-28H,1H3,(H,29,30,31)(H,32,33,34);2-7,18H,1H3,(H,19,20,21)(H,22,23,24);1-4H;1H4/p-4. The van der Waals surface area contributed by atoms with Crippen molar-refractivity contribution in [3.63, 3.8) is 0 Å². The summed E-state index contributed by atoms with van der Waals surface area (Å²) in [7, 11) is -20.7. The number of halogens is 1. The number of aromatic hydroxyl groups is 1. The van der Waals surface area contributed by atoms with Gasteiger partial charge < -0.3 is 38.1 Å². The summed E-state index contributed by atoms with van der Waals surface area (Å²) in [5.74, 6) is -1.63. The predicted octanol–water partition coefficient (Wildman–Crippen LogP) is 5.38. The fourth-order valence-corrected chi connectivity index (χ4v) is 11.7. The van der Waals surface area contributed by atoms with Crippen LogP contribution >= 0.6 is 11.6 Å². The molecule has 26 heteroatoms. The van der Waals surface area contributed by atoms with E-state index in [9.17, 15) is 81.3 Å². The summed E-state index contributed by atoms with van der Waals surface area (Å²) in [6.45, 7) is 3.20. The summed E-state index contributed by atoms with van der Waals surface area (Å²) in [6.07, 6.45) is 0. The van der Waals surface area contributed by atoms with Gasteiger partial charge in [0.15, 0.2) is 0 Å². The maximum absolute atomic E-state index is 12.9. The second-order valence-corrected chi connectivity index (χ2v) is 22.2. The molecule has 0 aliphatic carbocycles. The molecule has 19 nitrogen and oxygen atoms in total. The third kappa shape index (κ3) is 10.7. The molecule has 0 aliphatic rings. The van der Waals surface area contributed by atoms with Crippen molar-refractivity contribution in [3.05, 3.63) is 144 Å².